The summed E-state index contributed by atoms with van der Waals surface area (Å²) < 4.78 is 34.0. The van der Waals surface area contributed by atoms with Gasteiger partial charge in [0.15, 0.2) is 0 Å². The van der Waals surface area contributed by atoms with E-state index in [1.807, 2.05) is 24.3 Å². The second-order valence-corrected chi connectivity index (χ2v) is 9.63. The summed E-state index contributed by atoms with van der Waals surface area (Å²) in [6, 6.07) is 15.1. The molecule has 2 aromatic rings. The number of rotatable bonds is 4. The minimum atomic E-state index is -3.78. The average Bonchev–Trinajstić information content (AvgIpc) is 3.42. The Kier molecular flexibility index (Phi) is 4.17. The first kappa shape index (κ1) is 17.7. The van der Waals surface area contributed by atoms with Crippen LogP contribution in [0.5, 0.6) is 5.75 Å². The molecule has 6 nitrogen and oxygen atoms in total. The van der Waals surface area contributed by atoms with Gasteiger partial charge in [-0.15, -0.1) is 0 Å². The molecule has 1 aliphatic carbocycles. The number of para-hydroxylation sites is 2. The van der Waals surface area contributed by atoms with E-state index in [1.165, 1.54) is 4.31 Å². The summed E-state index contributed by atoms with van der Waals surface area (Å²) in [5.41, 5.74) is 0.744. The van der Waals surface area contributed by atoms with Crippen molar-refractivity contribution in [1.29, 1.82) is 0 Å². The molecule has 0 aromatic heterocycles. The second-order valence-electron chi connectivity index (χ2n) is 7.74. The number of carbonyl (C=O) groups is 1. The van der Waals surface area contributed by atoms with Crippen LogP contribution < -0.4 is 9.64 Å². The summed E-state index contributed by atoms with van der Waals surface area (Å²) in [4.78, 5) is 15.5. The molecule has 146 valence electrons. The summed E-state index contributed by atoms with van der Waals surface area (Å²) in [5.74, 6) is 0.983. The van der Waals surface area contributed by atoms with Gasteiger partial charge in [-0.1, -0.05) is 30.3 Å². The van der Waals surface area contributed by atoms with Gasteiger partial charge in [0.2, 0.25) is 15.9 Å². The number of fused-ring (bicyclic) bond motifs is 3. The van der Waals surface area contributed by atoms with Gasteiger partial charge in [-0.25, -0.2) is 8.42 Å². The highest BCUT2D eigenvalue weighted by Crippen LogP contribution is 2.40. The van der Waals surface area contributed by atoms with Crippen LogP contribution >= 0.6 is 0 Å². The van der Waals surface area contributed by atoms with Crippen LogP contribution in [0.4, 0.5) is 5.69 Å². The Morgan fingerprint density at radius 2 is 1.71 bits per heavy atom. The number of hydrogen-bond acceptors (Lipinski definition) is 4. The SMILES string of the molecule is O=C1C2CC(CN2S(=O)(=O)c2ccccc2)Oc2ccccc2N1CC1CC1. The van der Waals surface area contributed by atoms with Crippen molar-refractivity contribution in [2.75, 3.05) is 18.0 Å². The van der Waals surface area contributed by atoms with Gasteiger partial charge in [-0.3, -0.25) is 4.79 Å². The molecule has 1 amide bonds. The van der Waals surface area contributed by atoms with Crippen LogP contribution in [0.15, 0.2) is 59.5 Å². The summed E-state index contributed by atoms with van der Waals surface area (Å²) in [5, 5.41) is 0. The Labute approximate surface area is 164 Å². The number of ether oxygens (including phenoxy) is 1. The van der Waals surface area contributed by atoms with E-state index in [1.54, 1.807) is 35.2 Å². The molecule has 7 heteroatoms. The van der Waals surface area contributed by atoms with E-state index in [9.17, 15) is 13.2 Å². The molecule has 2 aromatic carbocycles. The molecule has 3 aliphatic rings. The van der Waals surface area contributed by atoms with Crippen molar-refractivity contribution in [2.24, 2.45) is 5.92 Å². The first-order valence-electron chi connectivity index (χ1n) is 9.68. The zero-order chi connectivity index (χ0) is 19.3. The zero-order valence-electron chi connectivity index (χ0n) is 15.4. The molecule has 2 bridgehead atoms. The molecule has 0 N–H and O–H groups in total. The van der Waals surface area contributed by atoms with Crippen molar-refractivity contribution in [1.82, 2.24) is 4.31 Å². The van der Waals surface area contributed by atoms with Crippen LogP contribution in [0, 0.1) is 5.92 Å². The fraction of sp³-hybridized carbons (Fsp3) is 0.381. The molecule has 28 heavy (non-hydrogen) atoms. The molecule has 0 spiro atoms. The van der Waals surface area contributed by atoms with Crippen molar-refractivity contribution in [3.8, 4) is 5.75 Å². The van der Waals surface area contributed by atoms with Gasteiger partial charge in [-0.05, 0) is 43.0 Å². The Hall–Kier alpha value is -2.38. The van der Waals surface area contributed by atoms with Gasteiger partial charge in [0.25, 0.3) is 0 Å². The molecular formula is C21H22N2O4S. The Morgan fingerprint density at radius 3 is 2.46 bits per heavy atom. The number of hydrogen-bond donors (Lipinski definition) is 0. The fourth-order valence-corrected chi connectivity index (χ4v) is 5.72. The van der Waals surface area contributed by atoms with Crippen LogP contribution in [0.2, 0.25) is 0 Å². The third-order valence-corrected chi connectivity index (χ3v) is 7.59. The Morgan fingerprint density at radius 1 is 1.00 bits per heavy atom. The number of carbonyl (C=O) groups excluding carboxylic acids is 1. The number of anilines is 1. The third kappa shape index (κ3) is 2.99. The standard InChI is InChI=1S/C21H22N2O4S/c24-21-19-12-16(14-23(19)28(25,26)17-6-2-1-3-7-17)27-20-9-5-4-8-18(20)22(21)13-15-10-11-15/h1-9,15-16,19H,10-14H2. The molecule has 2 aliphatic heterocycles. The molecule has 5 rings (SSSR count). The minimum absolute atomic E-state index is 0.148. The fourth-order valence-electron chi connectivity index (χ4n) is 4.08. The molecule has 0 radical (unpaired) electrons. The van der Waals surface area contributed by atoms with E-state index in [4.69, 9.17) is 4.74 Å². The second kappa shape index (κ2) is 6.60. The van der Waals surface area contributed by atoms with Crippen molar-refractivity contribution in [3.05, 3.63) is 54.6 Å². The lowest BCUT2D eigenvalue weighted by atomic mass is 10.1. The lowest BCUT2D eigenvalue weighted by molar-refractivity contribution is -0.121. The van der Waals surface area contributed by atoms with Crippen LogP contribution in [0.3, 0.4) is 0 Å². The molecule has 2 atom stereocenters. The molecule has 1 saturated heterocycles. The van der Waals surface area contributed by atoms with Crippen molar-refractivity contribution >= 4 is 21.6 Å². The topological polar surface area (TPSA) is 66.9 Å². The predicted molar refractivity (Wildman–Crippen MR) is 105 cm³/mol. The van der Waals surface area contributed by atoms with Crippen LogP contribution in [-0.2, 0) is 14.8 Å². The summed E-state index contributed by atoms with van der Waals surface area (Å²) in [6.45, 7) is 0.791. The summed E-state index contributed by atoms with van der Waals surface area (Å²) in [6.07, 6.45) is 2.25. The monoisotopic (exact) mass is 398 g/mol. The number of sulfonamides is 1. The Bertz CT molecular complexity index is 1000. The van der Waals surface area contributed by atoms with Gasteiger partial charge >= 0.3 is 0 Å². The van der Waals surface area contributed by atoms with E-state index < -0.39 is 16.1 Å². The first-order valence-corrected chi connectivity index (χ1v) is 11.1. The van der Waals surface area contributed by atoms with E-state index in [-0.39, 0.29) is 23.5 Å². The molecular weight excluding hydrogens is 376 g/mol. The lowest BCUT2D eigenvalue weighted by Crippen LogP contribution is -2.48. The van der Waals surface area contributed by atoms with E-state index in [2.05, 4.69) is 0 Å². The van der Waals surface area contributed by atoms with Crippen LogP contribution in [0.25, 0.3) is 0 Å². The largest absolute Gasteiger partial charge is 0.487 e. The third-order valence-electron chi connectivity index (χ3n) is 5.71. The maximum Gasteiger partial charge on any atom is 0.245 e. The minimum Gasteiger partial charge on any atom is -0.487 e. The Balaban J connectivity index is 1.55. The van der Waals surface area contributed by atoms with Gasteiger partial charge in [0, 0.05) is 13.0 Å². The van der Waals surface area contributed by atoms with E-state index in [0.717, 1.165) is 18.5 Å². The predicted octanol–water partition coefficient (Wildman–Crippen LogP) is 2.65. The molecule has 2 fully saturated rings. The average molecular weight is 398 g/mol. The van der Waals surface area contributed by atoms with Crippen molar-refractivity contribution in [2.45, 2.75) is 36.3 Å². The van der Waals surface area contributed by atoms with E-state index in [0.29, 0.717) is 24.6 Å². The quantitative estimate of drug-likeness (QED) is 0.794. The molecule has 1 saturated carbocycles. The maximum absolute atomic E-state index is 13.5. The zero-order valence-corrected chi connectivity index (χ0v) is 16.2. The lowest BCUT2D eigenvalue weighted by Gasteiger charge is -2.31. The van der Waals surface area contributed by atoms with Crippen LogP contribution in [-0.4, -0.2) is 43.9 Å². The highest BCUT2D eigenvalue weighted by atomic mass is 32.2. The van der Waals surface area contributed by atoms with Crippen LogP contribution in [0.1, 0.15) is 19.3 Å². The number of nitrogens with zero attached hydrogens (tertiary/aromatic N) is 2. The highest BCUT2D eigenvalue weighted by molar-refractivity contribution is 7.89. The molecule has 2 unspecified atom stereocenters. The smallest absolute Gasteiger partial charge is 0.245 e. The maximum atomic E-state index is 13.5. The molecule has 2 heterocycles. The van der Waals surface area contributed by atoms with Crippen molar-refractivity contribution in [3.63, 3.8) is 0 Å². The summed E-state index contributed by atoms with van der Waals surface area (Å²) in [7, 11) is -3.78. The van der Waals surface area contributed by atoms with Crippen molar-refractivity contribution < 1.29 is 17.9 Å². The van der Waals surface area contributed by atoms with Gasteiger partial charge in [0.1, 0.15) is 17.9 Å². The number of amides is 1. The number of benzene rings is 2. The van der Waals surface area contributed by atoms with Gasteiger partial charge in [0.05, 0.1) is 17.1 Å². The van der Waals surface area contributed by atoms with Gasteiger partial charge in [-0.2, -0.15) is 4.31 Å². The summed E-state index contributed by atoms with van der Waals surface area (Å²) >= 11 is 0. The first-order chi connectivity index (χ1) is 13.5. The van der Waals surface area contributed by atoms with Gasteiger partial charge < -0.3 is 9.64 Å². The van der Waals surface area contributed by atoms with E-state index >= 15 is 0 Å². The highest BCUT2D eigenvalue weighted by Gasteiger charge is 2.48. The normalized spacial score (nSPS) is 25.0.